The van der Waals surface area contributed by atoms with Gasteiger partial charge in [-0.25, -0.2) is 9.97 Å². The monoisotopic (exact) mass is 1010 g/mol. The van der Waals surface area contributed by atoms with Crippen molar-refractivity contribution >= 4 is 46.4 Å². The van der Waals surface area contributed by atoms with Gasteiger partial charge in [0.25, 0.3) is 0 Å². The fraction of sp³-hybridized carbons (Fsp3) is 0.153. The topological polar surface area (TPSA) is 148 Å². The number of aromatic nitrogens is 4. The van der Waals surface area contributed by atoms with E-state index < -0.39 is 0 Å². The molecule has 1 N–H and O–H groups in total. The molecular formula is C59H46FeN4O9. The van der Waals surface area contributed by atoms with Crippen LogP contribution in [-0.4, -0.2) is 75.0 Å². The molecule has 14 heteroatoms. The molecule has 364 valence electrons. The molecule has 0 saturated carbocycles. The molecule has 0 radical (unpaired) electrons. The van der Waals surface area contributed by atoms with Gasteiger partial charge in [0.2, 0.25) is 0 Å². The van der Waals surface area contributed by atoms with Gasteiger partial charge in [-0.05, 0) is 70.8 Å². The van der Waals surface area contributed by atoms with Crippen LogP contribution in [-0.2, 0) is 17.1 Å². The Kier molecular flexibility index (Phi) is 13.3. The van der Waals surface area contributed by atoms with Gasteiger partial charge in [0.15, 0.2) is 23.0 Å². The predicted molar refractivity (Wildman–Crippen MR) is 277 cm³/mol. The van der Waals surface area contributed by atoms with E-state index in [2.05, 4.69) is 0 Å². The molecule has 7 heterocycles. The summed E-state index contributed by atoms with van der Waals surface area (Å²) in [6, 6.07) is 43.6. The molecule has 0 saturated heterocycles. The number of benzene rings is 5. The van der Waals surface area contributed by atoms with Crippen molar-refractivity contribution in [2.75, 3.05) is 60.0 Å². The van der Waals surface area contributed by atoms with E-state index in [9.17, 15) is 0 Å². The van der Waals surface area contributed by atoms with Gasteiger partial charge in [-0.3, -0.25) is 0 Å². The minimum absolute atomic E-state index is 0. The number of hydrogen-bond donors (Lipinski definition) is 1. The first-order valence-corrected chi connectivity index (χ1v) is 23.8. The third kappa shape index (κ3) is 9.01. The molecule has 0 fully saturated rings. The molecule has 12 bridgehead atoms. The first-order valence-electron chi connectivity index (χ1n) is 23.8. The zero-order valence-electron chi connectivity index (χ0n) is 39.5. The first-order chi connectivity index (χ1) is 35.7. The van der Waals surface area contributed by atoms with Gasteiger partial charge in [-0.1, -0.05) is 97.1 Å². The summed E-state index contributed by atoms with van der Waals surface area (Å²) < 4.78 is 52.7. The number of para-hydroxylation sites is 4. The molecule has 5 aromatic carbocycles. The Balaban J connectivity index is 0.00000189. The second-order valence-corrected chi connectivity index (χ2v) is 16.9. The van der Waals surface area contributed by atoms with E-state index in [1.165, 1.54) is 0 Å². The Morgan fingerprint density at radius 3 is 0.781 bits per heavy atom. The number of fused-ring (bicyclic) bond motifs is 18. The van der Waals surface area contributed by atoms with Crippen LogP contribution in [0.4, 0.5) is 0 Å². The molecule has 4 aliphatic heterocycles. The molecule has 8 aromatic rings. The van der Waals surface area contributed by atoms with Crippen LogP contribution in [0.5, 0.6) is 46.0 Å². The van der Waals surface area contributed by atoms with E-state index >= 15 is 0 Å². The van der Waals surface area contributed by atoms with Crippen LogP contribution in [0, 0.1) is 0 Å². The zero-order valence-corrected chi connectivity index (χ0v) is 40.6. The van der Waals surface area contributed by atoms with Crippen molar-refractivity contribution in [1.29, 1.82) is 0 Å². The van der Waals surface area contributed by atoms with E-state index in [1.807, 2.05) is 146 Å². The largest absolute Gasteiger partial charge is 2.00 e. The van der Waals surface area contributed by atoms with E-state index in [-0.39, 0.29) is 69.9 Å². The van der Waals surface area contributed by atoms with Gasteiger partial charge in [0.05, 0.1) is 22.8 Å². The molecule has 3 aromatic heterocycles. The minimum atomic E-state index is 0. The first kappa shape index (κ1) is 46.9. The van der Waals surface area contributed by atoms with Crippen LogP contribution in [0.15, 0.2) is 133 Å². The van der Waals surface area contributed by atoms with Crippen LogP contribution in [0.1, 0.15) is 22.8 Å². The Labute approximate surface area is 431 Å². The van der Waals surface area contributed by atoms with Crippen molar-refractivity contribution in [3.63, 3.8) is 0 Å². The maximum atomic E-state index is 7.00. The standard InChI is InChI=1S/C58H42N4O8.CH4O.Fe/c1-5-13-47-35(9-1)55-39-17-18-40(59-39)56-36-10-2-6-14-48(36)64-26-30-68-52-34-54-53(33-51(52)67-29-25-63-47)69-31-27-65-49-15-7-3-11-37(49)57(44-22-21-43(55)61-44)41-19-20-42(60-41)58(46-24-23-45(56)62-46)38-12-4-8-16-50(38)66-28-32-70-54;1-2;/h1-24,33-34H,25-32H2;2H,1H3;/q-2;;+2. The summed E-state index contributed by atoms with van der Waals surface area (Å²) in [4.78, 5) is 22.0. The third-order valence-corrected chi connectivity index (χ3v) is 12.6. The Morgan fingerprint density at radius 2 is 0.534 bits per heavy atom. The number of rotatable bonds is 0. The molecule has 0 atom stereocenters. The molecule has 0 amide bonds. The number of aliphatic hydroxyl groups is 1. The summed E-state index contributed by atoms with van der Waals surface area (Å²) in [6.45, 7) is 1.49. The minimum Gasteiger partial charge on any atom is -0.657 e. The predicted octanol–water partition coefficient (Wildman–Crippen LogP) is 11.0. The summed E-state index contributed by atoms with van der Waals surface area (Å²) >= 11 is 0. The summed E-state index contributed by atoms with van der Waals surface area (Å²) in [5, 5.41) is 7.00. The van der Waals surface area contributed by atoms with E-state index in [1.54, 1.807) is 12.1 Å². The van der Waals surface area contributed by atoms with Crippen molar-refractivity contribution < 1.29 is 60.1 Å². The van der Waals surface area contributed by atoms with Gasteiger partial charge in [-0.15, -0.1) is 22.1 Å². The van der Waals surface area contributed by atoms with Crippen molar-refractivity contribution in [1.82, 2.24) is 19.9 Å². The maximum absolute atomic E-state index is 7.00. The number of nitrogens with zero attached hydrogens (tertiary/aromatic N) is 4. The van der Waals surface area contributed by atoms with Gasteiger partial charge in [0, 0.05) is 41.5 Å². The molecule has 4 aliphatic rings. The molecule has 12 rings (SSSR count). The summed E-state index contributed by atoms with van der Waals surface area (Å²) in [6.07, 6.45) is 8.15. The Morgan fingerprint density at radius 1 is 0.315 bits per heavy atom. The average molecular weight is 1010 g/mol. The molecular weight excluding hydrogens is 965 g/mol. The fourth-order valence-electron chi connectivity index (χ4n) is 9.57. The van der Waals surface area contributed by atoms with Crippen LogP contribution in [0.2, 0.25) is 0 Å². The normalized spacial score (nSPS) is 14.1. The van der Waals surface area contributed by atoms with E-state index in [4.69, 9.17) is 62.9 Å². The Bertz CT molecular complexity index is 3170. The van der Waals surface area contributed by atoms with Crippen LogP contribution in [0.3, 0.4) is 0 Å². The summed E-state index contributed by atoms with van der Waals surface area (Å²) in [5.41, 5.74) is 11.8. The average Bonchev–Trinajstić information content (AvgIpc) is 4.28. The SMILES string of the molecule is C1=Cc2nc1c1c3ccc([n-]3)c3c4nc(c5c6ccc([n-]6)c2-c2ccccc2OCCOc2cc(c(cc2OCCOc2ccccc2-5)OCCOc2ccccc2-3)OCCOc2ccccc2-1)C=C4.CO.[Fe+2]. The van der Waals surface area contributed by atoms with Crippen molar-refractivity contribution in [2.45, 2.75) is 0 Å². The fourth-order valence-corrected chi connectivity index (χ4v) is 9.57. The van der Waals surface area contributed by atoms with Crippen molar-refractivity contribution in [2.24, 2.45) is 0 Å². The summed E-state index contributed by atoms with van der Waals surface area (Å²) in [7, 11) is 1.00. The zero-order chi connectivity index (χ0) is 48.4. The smallest absolute Gasteiger partial charge is 0.657 e. The molecule has 0 unspecified atom stereocenters. The van der Waals surface area contributed by atoms with E-state index in [0.29, 0.717) is 90.8 Å². The van der Waals surface area contributed by atoms with Crippen molar-refractivity contribution in [3.8, 4) is 90.5 Å². The number of aliphatic hydroxyl groups excluding tert-OH is 1. The van der Waals surface area contributed by atoms with Gasteiger partial charge in [-0.2, -0.15) is 0 Å². The molecule has 73 heavy (non-hydrogen) atoms. The quantitative estimate of drug-likeness (QED) is 0.144. The summed E-state index contributed by atoms with van der Waals surface area (Å²) in [5.74, 6) is 4.29. The van der Waals surface area contributed by atoms with Gasteiger partial charge in [0.1, 0.15) is 75.9 Å². The van der Waals surface area contributed by atoms with Crippen molar-refractivity contribution in [3.05, 3.63) is 156 Å². The van der Waals surface area contributed by atoms with Crippen LogP contribution in [0.25, 0.3) is 90.9 Å². The second kappa shape index (κ2) is 20.7. The molecule has 0 spiro atoms. The number of ether oxygens (including phenoxy) is 8. The second-order valence-electron chi connectivity index (χ2n) is 16.9. The van der Waals surface area contributed by atoms with Crippen LogP contribution < -0.4 is 47.9 Å². The van der Waals surface area contributed by atoms with Gasteiger partial charge < -0.3 is 53.0 Å². The van der Waals surface area contributed by atoms with Gasteiger partial charge >= 0.3 is 17.1 Å². The van der Waals surface area contributed by atoms with Crippen LogP contribution >= 0.6 is 0 Å². The Hall–Kier alpha value is -8.42. The van der Waals surface area contributed by atoms with E-state index in [0.717, 1.165) is 51.6 Å². The third-order valence-electron chi connectivity index (χ3n) is 12.6. The molecule has 0 aliphatic carbocycles. The maximum Gasteiger partial charge on any atom is 2.00 e. The molecule has 13 nitrogen and oxygen atoms in total. The number of hydrogen-bond acceptors (Lipinski definition) is 11.